The number of carbonyl (C=O) groups excluding carboxylic acids is 4. The van der Waals surface area contributed by atoms with Gasteiger partial charge in [0, 0.05) is 44.9 Å². The summed E-state index contributed by atoms with van der Waals surface area (Å²) in [5, 5.41) is 25.1. The molecule has 6 rings (SSSR count). The quantitative estimate of drug-likeness (QED) is 0.0458. The van der Waals surface area contributed by atoms with Crippen LogP contribution in [-0.2, 0) is 41.4 Å². The molecule has 22 heteroatoms. The number of anilines is 2. The molecule has 0 aliphatic carbocycles. The average molecular weight is 1040 g/mol. The molecule has 0 saturated carbocycles. The van der Waals surface area contributed by atoms with Gasteiger partial charge in [-0.1, -0.05) is 45.0 Å². The molecule has 0 unspecified atom stereocenters. The first-order valence-electron chi connectivity index (χ1n) is 23.2. The molecule has 3 atom stereocenters. The number of β-amino-alcohol motifs (C(OH)–C–C–N with tert-alkyl or cyclic N) is 1. The maximum atomic E-state index is 15.4. The van der Waals surface area contributed by atoms with E-state index in [-0.39, 0.29) is 37.8 Å². The third-order valence-corrected chi connectivity index (χ3v) is 13.5. The monoisotopic (exact) mass is 1040 g/mol. The lowest BCUT2D eigenvalue weighted by Gasteiger charge is -2.35. The fourth-order valence-corrected chi connectivity index (χ4v) is 9.68. The van der Waals surface area contributed by atoms with Gasteiger partial charge >= 0.3 is 6.18 Å². The highest BCUT2D eigenvalue weighted by molar-refractivity contribution is 7.81. The van der Waals surface area contributed by atoms with E-state index in [1.54, 1.807) is 50.6 Å². The number of hydrogen-bond donors (Lipinski definition) is 3. The van der Waals surface area contributed by atoms with Gasteiger partial charge in [-0.2, -0.15) is 18.4 Å². The van der Waals surface area contributed by atoms with Crippen LogP contribution >= 0.6 is 23.6 Å². The van der Waals surface area contributed by atoms with E-state index >= 15 is 4.39 Å². The average Bonchev–Trinajstić information content (AvgIpc) is 3.98. The summed E-state index contributed by atoms with van der Waals surface area (Å²) in [5.41, 5.74) is -0.0886. The maximum absolute atomic E-state index is 15.4. The number of thiocarbonyl (C=S) groups is 1. The van der Waals surface area contributed by atoms with E-state index in [2.05, 4.69) is 20.6 Å². The van der Waals surface area contributed by atoms with Crippen molar-refractivity contribution in [1.82, 2.24) is 25.5 Å². The second-order valence-corrected chi connectivity index (χ2v) is 20.3. The second-order valence-electron chi connectivity index (χ2n) is 19.1. The molecule has 2 aromatic carbocycles. The van der Waals surface area contributed by atoms with Gasteiger partial charge in [0.1, 0.15) is 29.8 Å². The van der Waals surface area contributed by atoms with E-state index < -0.39 is 81.6 Å². The fraction of sp³-hybridized carbons (Fsp3) is 0.480. The summed E-state index contributed by atoms with van der Waals surface area (Å²) in [4.78, 5) is 67.1. The van der Waals surface area contributed by atoms with Crippen LogP contribution in [0, 0.1) is 36.4 Å². The van der Waals surface area contributed by atoms with E-state index in [4.69, 9.17) is 26.4 Å². The summed E-state index contributed by atoms with van der Waals surface area (Å²) in [7, 11) is 0. The predicted octanol–water partition coefficient (Wildman–Crippen LogP) is 7.16. The Balaban J connectivity index is 0.886. The molecular formula is C50H58F4N8O8S2. The van der Waals surface area contributed by atoms with Crippen molar-refractivity contribution in [3.05, 3.63) is 87.9 Å². The summed E-state index contributed by atoms with van der Waals surface area (Å²) in [5.74, 6) is -3.65. The number of aromatic nitrogens is 2. The smallest absolute Gasteiger partial charge is 0.420 e. The standard InChI is InChI=1S/C50H58F4N8O8S2/c1-29-21-34(62-47(71)61(46(67)49(62,6)7)36-16-15-33(23-55)39(40(36)51)50(52,53)54)25-57-44(29)70-20-9-8-17-68-18-10-19-69-27-38(64)59-42(48(3,4)5)45(66)60-26-35(63)22-37(60)43(65)56-24-31-11-13-32(14-12-31)41-30(2)58-28-72-41/h11-16,21,25,28,35,37,42,63H,8-10,17-20,22,24,26-27H2,1-7H3,(H,56,65)(H,59,64)/t35-,37+,42-/m1/s1. The van der Waals surface area contributed by atoms with Crippen LogP contribution in [0.4, 0.5) is 28.9 Å². The van der Waals surface area contributed by atoms with Gasteiger partial charge in [-0.05, 0) is 93.9 Å². The minimum atomic E-state index is -5.20. The number of pyridine rings is 1. The molecular weight excluding hydrogens is 981 g/mol. The number of nitrogens with one attached hydrogen (secondary N) is 2. The number of likely N-dealkylation sites (tertiary alicyclic amines) is 1. The Labute approximate surface area is 424 Å². The number of thiazole rings is 1. The van der Waals surface area contributed by atoms with E-state index in [1.165, 1.54) is 35.9 Å². The number of hydrogen-bond acceptors (Lipinski definition) is 13. The number of halogens is 4. The minimum Gasteiger partial charge on any atom is -0.477 e. The van der Waals surface area contributed by atoms with Crippen LogP contribution in [-0.4, -0.2) is 112 Å². The molecule has 386 valence electrons. The van der Waals surface area contributed by atoms with Crippen LogP contribution in [0.5, 0.6) is 5.88 Å². The molecule has 3 N–H and O–H groups in total. The number of aliphatic hydroxyl groups excluding tert-OH is 1. The molecule has 4 amide bonds. The van der Waals surface area contributed by atoms with Crippen LogP contribution in [0.25, 0.3) is 10.4 Å². The van der Waals surface area contributed by atoms with Crippen molar-refractivity contribution in [2.75, 3.05) is 49.4 Å². The van der Waals surface area contributed by atoms with Gasteiger partial charge in [0.2, 0.25) is 23.6 Å². The Morgan fingerprint density at radius 2 is 1.69 bits per heavy atom. The number of amides is 4. The van der Waals surface area contributed by atoms with Gasteiger partial charge < -0.3 is 39.8 Å². The lowest BCUT2D eigenvalue weighted by molar-refractivity contribution is -0.144. The first-order valence-corrected chi connectivity index (χ1v) is 24.5. The molecule has 2 saturated heterocycles. The fourth-order valence-electron chi connectivity index (χ4n) is 8.36. The second kappa shape index (κ2) is 23.2. The number of ether oxygens (including phenoxy) is 3. The minimum absolute atomic E-state index is 0.0463. The molecule has 4 aromatic rings. The number of nitriles is 1. The summed E-state index contributed by atoms with van der Waals surface area (Å²) < 4.78 is 73.9. The van der Waals surface area contributed by atoms with Crippen LogP contribution in [0.3, 0.4) is 0 Å². The van der Waals surface area contributed by atoms with E-state index in [1.807, 2.05) is 31.2 Å². The van der Waals surface area contributed by atoms with Crippen molar-refractivity contribution >= 4 is 63.7 Å². The Hall–Kier alpha value is -6.12. The Morgan fingerprint density at radius 1 is 1.01 bits per heavy atom. The lowest BCUT2D eigenvalue weighted by Crippen LogP contribution is -2.58. The number of unbranched alkanes of at least 4 members (excludes halogenated alkanes) is 1. The highest BCUT2D eigenvalue weighted by atomic mass is 32.1. The highest BCUT2D eigenvalue weighted by Gasteiger charge is 2.52. The highest BCUT2D eigenvalue weighted by Crippen LogP contribution is 2.42. The number of alkyl halides is 3. The normalized spacial score (nSPS) is 17.3. The third-order valence-electron chi connectivity index (χ3n) is 12.2. The van der Waals surface area contributed by atoms with Crippen LogP contribution in [0.15, 0.2) is 54.2 Å². The molecule has 2 aliphatic heterocycles. The van der Waals surface area contributed by atoms with E-state index in [9.17, 15) is 42.7 Å². The number of carbonyl (C=O) groups is 4. The van der Waals surface area contributed by atoms with E-state index in [0.29, 0.717) is 61.1 Å². The summed E-state index contributed by atoms with van der Waals surface area (Å²) >= 11 is 7.08. The number of aryl methyl sites for hydroxylation is 2. The van der Waals surface area contributed by atoms with Crippen molar-refractivity contribution < 1.29 is 56.1 Å². The van der Waals surface area contributed by atoms with Crippen molar-refractivity contribution in [3.8, 4) is 22.4 Å². The summed E-state index contributed by atoms with van der Waals surface area (Å²) in [6, 6.07) is 10.6. The van der Waals surface area contributed by atoms with Crippen molar-refractivity contribution in [2.45, 2.75) is 111 Å². The molecule has 2 fully saturated rings. The van der Waals surface area contributed by atoms with Crippen molar-refractivity contribution in [1.29, 1.82) is 5.26 Å². The Morgan fingerprint density at radius 3 is 2.33 bits per heavy atom. The zero-order chi connectivity index (χ0) is 52.7. The molecule has 0 radical (unpaired) electrons. The SMILES string of the molecule is Cc1cc(N2C(=S)N(c3ccc(C#N)c(C(F)(F)F)c3F)C(=O)C2(C)C)cnc1OCCCCOCCCOCC(=O)N[C@H](C(=O)N1C[C@H](O)C[C@H]1C(=O)NCc1ccc(-c2scnc2C)cc1)C(C)(C)C. The van der Waals surface area contributed by atoms with Crippen LogP contribution in [0.2, 0.25) is 0 Å². The number of nitrogens with zero attached hydrogens (tertiary/aromatic N) is 6. The van der Waals surface area contributed by atoms with Crippen LogP contribution < -0.4 is 25.2 Å². The van der Waals surface area contributed by atoms with Crippen molar-refractivity contribution in [2.24, 2.45) is 5.41 Å². The third kappa shape index (κ3) is 12.7. The summed E-state index contributed by atoms with van der Waals surface area (Å²) in [6.45, 7) is 13.2. The number of benzene rings is 2. The molecule has 0 bridgehead atoms. The summed E-state index contributed by atoms with van der Waals surface area (Å²) in [6.07, 6.45) is -2.88. The largest absolute Gasteiger partial charge is 0.477 e. The first-order chi connectivity index (χ1) is 33.9. The van der Waals surface area contributed by atoms with Gasteiger partial charge in [0.05, 0.1) is 58.0 Å². The molecule has 4 heterocycles. The zero-order valence-corrected chi connectivity index (χ0v) is 42.7. The zero-order valence-electron chi connectivity index (χ0n) is 41.0. The van der Waals surface area contributed by atoms with Crippen LogP contribution in [0.1, 0.15) is 88.2 Å². The molecule has 16 nitrogen and oxygen atoms in total. The van der Waals surface area contributed by atoms with Gasteiger partial charge in [0.25, 0.3) is 5.91 Å². The van der Waals surface area contributed by atoms with Gasteiger partial charge in [-0.3, -0.25) is 24.1 Å². The maximum Gasteiger partial charge on any atom is 0.420 e. The molecule has 0 spiro atoms. The molecule has 2 aliphatic rings. The Bertz CT molecular complexity index is 2690. The van der Waals surface area contributed by atoms with Crippen molar-refractivity contribution in [3.63, 3.8) is 0 Å². The Kier molecular flexibility index (Phi) is 17.8. The number of aliphatic hydroxyl groups is 1. The van der Waals surface area contributed by atoms with Gasteiger partial charge in [0.15, 0.2) is 10.9 Å². The lowest BCUT2D eigenvalue weighted by atomic mass is 9.85. The van der Waals surface area contributed by atoms with Gasteiger partial charge in [-0.25, -0.2) is 14.4 Å². The number of rotatable bonds is 20. The molecule has 2 aromatic heterocycles. The predicted molar refractivity (Wildman–Crippen MR) is 264 cm³/mol. The van der Waals surface area contributed by atoms with Gasteiger partial charge in [-0.15, -0.1) is 11.3 Å². The van der Waals surface area contributed by atoms with E-state index in [0.717, 1.165) is 33.8 Å². The topological polar surface area (TPSA) is 200 Å². The molecule has 72 heavy (non-hydrogen) atoms. The first kappa shape index (κ1) is 55.2.